The van der Waals surface area contributed by atoms with Gasteiger partial charge in [-0.15, -0.1) is 0 Å². The number of H-pyrrole nitrogens is 1. The van der Waals surface area contributed by atoms with Crippen molar-refractivity contribution in [1.82, 2.24) is 15.2 Å². The number of amides is 2. The first-order valence-electron chi connectivity index (χ1n) is 9.09. The van der Waals surface area contributed by atoms with E-state index < -0.39 is 0 Å². The smallest absolute Gasteiger partial charge is 0.257 e. The lowest BCUT2D eigenvalue weighted by Crippen LogP contribution is -2.15. The molecule has 144 valence electrons. The summed E-state index contributed by atoms with van der Waals surface area (Å²) in [5.41, 5.74) is 4.73. The Labute approximate surface area is 167 Å². The molecule has 7 nitrogen and oxygen atoms in total. The molecule has 3 N–H and O–H groups in total. The number of hydrogen-bond donors (Lipinski definition) is 3. The number of rotatable bonds is 4. The fraction of sp³-hybridized carbons (Fsp3) is 0.0909. The van der Waals surface area contributed by atoms with Gasteiger partial charge in [0.25, 0.3) is 11.8 Å². The van der Waals surface area contributed by atoms with E-state index in [1.165, 1.54) is 6.20 Å². The van der Waals surface area contributed by atoms with Crippen molar-refractivity contribution in [3.05, 3.63) is 83.2 Å². The van der Waals surface area contributed by atoms with E-state index in [0.717, 1.165) is 16.5 Å². The van der Waals surface area contributed by atoms with Crippen LogP contribution in [0.25, 0.3) is 11.0 Å². The minimum atomic E-state index is -0.286. The minimum absolute atomic E-state index is 0.204. The molecule has 2 aromatic carbocycles. The Bertz CT molecular complexity index is 1230. The number of pyridine rings is 1. The van der Waals surface area contributed by atoms with E-state index in [9.17, 15) is 9.59 Å². The van der Waals surface area contributed by atoms with E-state index in [4.69, 9.17) is 0 Å². The molecule has 4 rings (SSSR count). The zero-order chi connectivity index (χ0) is 20.4. The average Bonchev–Trinajstić information content (AvgIpc) is 3.18. The molecule has 2 aromatic heterocycles. The number of benzene rings is 2. The summed E-state index contributed by atoms with van der Waals surface area (Å²) < 4.78 is 0. The largest absolute Gasteiger partial charge is 0.322 e. The molecule has 7 heteroatoms. The standard InChI is InChI=1S/C22H19N5O2/c1-13-4-3-5-15(8-13)21(28)25-18-7-6-14(2)19(10-18)26-22(29)17-9-16-12-24-27-20(16)23-11-17/h3-12H,1-2H3,(H,25,28)(H,26,29)(H,23,24,27). The number of carbonyl (C=O) groups excluding carboxylic acids is 2. The normalized spacial score (nSPS) is 10.7. The molecule has 0 radical (unpaired) electrons. The van der Waals surface area contributed by atoms with Crippen molar-refractivity contribution in [2.75, 3.05) is 10.6 Å². The van der Waals surface area contributed by atoms with E-state index in [1.807, 2.05) is 38.1 Å². The highest BCUT2D eigenvalue weighted by atomic mass is 16.2. The van der Waals surface area contributed by atoms with Crippen LogP contribution in [-0.4, -0.2) is 27.0 Å². The van der Waals surface area contributed by atoms with Gasteiger partial charge in [-0.2, -0.15) is 5.10 Å². The van der Waals surface area contributed by atoms with Crippen molar-refractivity contribution < 1.29 is 9.59 Å². The van der Waals surface area contributed by atoms with Crippen molar-refractivity contribution >= 4 is 34.2 Å². The van der Waals surface area contributed by atoms with E-state index in [1.54, 1.807) is 30.5 Å². The third-order valence-corrected chi connectivity index (χ3v) is 4.58. The van der Waals surface area contributed by atoms with Crippen molar-refractivity contribution in [2.45, 2.75) is 13.8 Å². The Balaban J connectivity index is 1.53. The van der Waals surface area contributed by atoms with Crippen LogP contribution in [-0.2, 0) is 0 Å². The lowest BCUT2D eigenvalue weighted by atomic mass is 10.1. The lowest BCUT2D eigenvalue weighted by Gasteiger charge is -2.12. The first-order valence-corrected chi connectivity index (χ1v) is 9.09. The van der Waals surface area contributed by atoms with E-state index >= 15 is 0 Å². The molecule has 2 amide bonds. The van der Waals surface area contributed by atoms with Crippen LogP contribution in [0.3, 0.4) is 0 Å². The van der Waals surface area contributed by atoms with Gasteiger partial charge in [0.05, 0.1) is 11.8 Å². The van der Waals surface area contributed by atoms with Crippen molar-refractivity contribution in [3.63, 3.8) is 0 Å². The van der Waals surface area contributed by atoms with Crippen LogP contribution in [0, 0.1) is 13.8 Å². The number of aryl methyl sites for hydroxylation is 2. The van der Waals surface area contributed by atoms with Gasteiger partial charge < -0.3 is 10.6 Å². The van der Waals surface area contributed by atoms with Crippen LogP contribution in [0.1, 0.15) is 31.8 Å². The molecule has 0 aliphatic rings. The molecule has 29 heavy (non-hydrogen) atoms. The van der Waals surface area contributed by atoms with E-state index in [2.05, 4.69) is 25.8 Å². The number of aromatic amines is 1. The third-order valence-electron chi connectivity index (χ3n) is 4.58. The van der Waals surface area contributed by atoms with Crippen LogP contribution in [0.5, 0.6) is 0 Å². The van der Waals surface area contributed by atoms with Gasteiger partial charge in [0.2, 0.25) is 0 Å². The number of nitrogens with zero attached hydrogens (tertiary/aromatic N) is 2. The van der Waals surface area contributed by atoms with Crippen molar-refractivity contribution in [2.24, 2.45) is 0 Å². The fourth-order valence-electron chi connectivity index (χ4n) is 2.98. The van der Waals surface area contributed by atoms with Gasteiger partial charge in [0.1, 0.15) is 0 Å². The second-order valence-corrected chi connectivity index (χ2v) is 6.84. The number of anilines is 2. The molecule has 0 saturated carbocycles. The summed E-state index contributed by atoms with van der Waals surface area (Å²) in [6.07, 6.45) is 3.11. The molecule has 0 bridgehead atoms. The maximum Gasteiger partial charge on any atom is 0.257 e. The molecule has 0 atom stereocenters. The molecule has 0 aliphatic heterocycles. The SMILES string of the molecule is Cc1cccc(C(=O)Nc2ccc(C)c(NC(=O)c3cnc4[nH]ncc4c3)c2)c1. The lowest BCUT2D eigenvalue weighted by molar-refractivity contribution is 0.101. The molecule has 0 saturated heterocycles. The maximum absolute atomic E-state index is 12.7. The molecular weight excluding hydrogens is 366 g/mol. The van der Waals surface area contributed by atoms with Crippen LogP contribution in [0.4, 0.5) is 11.4 Å². The Morgan fingerprint density at radius 3 is 2.55 bits per heavy atom. The summed E-state index contributed by atoms with van der Waals surface area (Å²) in [6.45, 7) is 3.82. The number of hydrogen-bond acceptors (Lipinski definition) is 4. The zero-order valence-corrected chi connectivity index (χ0v) is 16.0. The molecule has 2 heterocycles. The predicted octanol–water partition coefficient (Wildman–Crippen LogP) is 4.08. The number of carbonyl (C=O) groups is 2. The maximum atomic E-state index is 12.7. The summed E-state index contributed by atoms with van der Waals surface area (Å²) in [7, 11) is 0. The van der Waals surface area contributed by atoms with Gasteiger partial charge in [-0.25, -0.2) is 4.98 Å². The highest BCUT2D eigenvalue weighted by Gasteiger charge is 2.12. The van der Waals surface area contributed by atoms with Gasteiger partial charge in [0, 0.05) is 28.5 Å². The molecule has 0 unspecified atom stereocenters. The second kappa shape index (κ2) is 7.55. The van der Waals surface area contributed by atoms with E-state index in [0.29, 0.717) is 28.1 Å². The first-order chi connectivity index (χ1) is 14.0. The quantitative estimate of drug-likeness (QED) is 0.493. The second-order valence-electron chi connectivity index (χ2n) is 6.84. The number of nitrogens with one attached hydrogen (secondary N) is 3. The van der Waals surface area contributed by atoms with Crippen LogP contribution >= 0.6 is 0 Å². The fourth-order valence-corrected chi connectivity index (χ4v) is 2.98. The molecule has 0 aliphatic carbocycles. The molecular formula is C22H19N5O2. The minimum Gasteiger partial charge on any atom is -0.322 e. The first kappa shape index (κ1) is 18.4. The molecule has 0 fully saturated rings. The predicted molar refractivity (Wildman–Crippen MR) is 112 cm³/mol. The van der Waals surface area contributed by atoms with Gasteiger partial charge in [0.15, 0.2) is 5.65 Å². The number of fused-ring (bicyclic) bond motifs is 1. The van der Waals surface area contributed by atoms with E-state index in [-0.39, 0.29) is 11.8 Å². The average molecular weight is 385 g/mol. The summed E-state index contributed by atoms with van der Waals surface area (Å²) in [5, 5.41) is 13.2. The van der Waals surface area contributed by atoms with Crippen LogP contribution in [0.15, 0.2) is 60.9 Å². The summed E-state index contributed by atoms with van der Waals surface area (Å²) in [4.78, 5) is 29.3. The summed E-state index contributed by atoms with van der Waals surface area (Å²) in [6, 6.07) is 14.5. The number of aromatic nitrogens is 3. The van der Waals surface area contributed by atoms with Crippen LogP contribution < -0.4 is 10.6 Å². The van der Waals surface area contributed by atoms with Gasteiger partial charge in [-0.05, 0) is 49.7 Å². The van der Waals surface area contributed by atoms with Crippen molar-refractivity contribution in [1.29, 1.82) is 0 Å². The van der Waals surface area contributed by atoms with Gasteiger partial charge in [-0.3, -0.25) is 14.7 Å². The van der Waals surface area contributed by atoms with Crippen molar-refractivity contribution in [3.8, 4) is 0 Å². The Hall–Kier alpha value is -4.00. The highest BCUT2D eigenvalue weighted by Crippen LogP contribution is 2.22. The van der Waals surface area contributed by atoms with Gasteiger partial charge in [-0.1, -0.05) is 23.8 Å². The highest BCUT2D eigenvalue weighted by molar-refractivity contribution is 6.07. The van der Waals surface area contributed by atoms with Gasteiger partial charge >= 0.3 is 0 Å². The topological polar surface area (TPSA) is 99.8 Å². The Kier molecular flexibility index (Phi) is 4.78. The summed E-state index contributed by atoms with van der Waals surface area (Å²) in [5.74, 6) is -0.490. The third kappa shape index (κ3) is 3.98. The Morgan fingerprint density at radius 2 is 1.72 bits per heavy atom. The Morgan fingerprint density at radius 1 is 0.897 bits per heavy atom. The van der Waals surface area contributed by atoms with Crippen LogP contribution in [0.2, 0.25) is 0 Å². The summed E-state index contributed by atoms with van der Waals surface area (Å²) >= 11 is 0. The molecule has 0 spiro atoms. The zero-order valence-electron chi connectivity index (χ0n) is 16.0. The molecule has 4 aromatic rings. The monoisotopic (exact) mass is 385 g/mol.